The molecule has 3 heterocycles. The third kappa shape index (κ3) is 5.83. The maximum atomic E-state index is 13.3. The van der Waals surface area contributed by atoms with Gasteiger partial charge in [0.2, 0.25) is 0 Å². The molecule has 0 saturated heterocycles. The van der Waals surface area contributed by atoms with Crippen LogP contribution in [0.2, 0.25) is 0 Å². The van der Waals surface area contributed by atoms with Crippen molar-refractivity contribution >= 4 is 17.0 Å². The molecule has 4 aromatic rings. The second-order valence-corrected chi connectivity index (χ2v) is 8.34. The van der Waals surface area contributed by atoms with E-state index < -0.39 is 11.9 Å². The van der Waals surface area contributed by atoms with E-state index in [0.29, 0.717) is 16.4 Å². The molecule has 0 saturated carbocycles. The summed E-state index contributed by atoms with van der Waals surface area (Å²) in [6.07, 6.45) is 0.306. The Labute approximate surface area is 192 Å². The number of rotatable bonds is 7. The SMILES string of the molecule is CC(C)Oc1ccc(-c2ncc(CNc3cc(-c4cncs4)nc(C(F)(F)F)c3)cn2)cc1. The summed E-state index contributed by atoms with van der Waals surface area (Å²) in [5.74, 6) is 1.31. The summed E-state index contributed by atoms with van der Waals surface area (Å²) in [6.45, 7) is 4.17. The molecule has 0 bridgehead atoms. The Hall–Kier alpha value is -3.53. The van der Waals surface area contributed by atoms with Crippen LogP contribution in [0.1, 0.15) is 25.1 Å². The van der Waals surface area contributed by atoms with Crippen LogP contribution in [0.25, 0.3) is 22.0 Å². The van der Waals surface area contributed by atoms with Gasteiger partial charge in [0.25, 0.3) is 0 Å². The maximum Gasteiger partial charge on any atom is 0.433 e. The first kappa shape index (κ1) is 22.7. The lowest BCUT2D eigenvalue weighted by Gasteiger charge is -2.12. The number of alkyl halides is 3. The van der Waals surface area contributed by atoms with Gasteiger partial charge in [-0.2, -0.15) is 13.2 Å². The highest BCUT2D eigenvalue weighted by Crippen LogP contribution is 2.33. The number of nitrogens with zero attached hydrogens (tertiary/aromatic N) is 4. The maximum absolute atomic E-state index is 13.3. The first-order valence-electron chi connectivity index (χ1n) is 10.1. The molecule has 10 heteroatoms. The zero-order valence-corrected chi connectivity index (χ0v) is 18.6. The highest BCUT2D eigenvalue weighted by Gasteiger charge is 2.33. The molecule has 0 aliphatic carbocycles. The summed E-state index contributed by atoms with van der Waals surface area (Å²) in [6, 6.07) is 10.0. The minimum Gasteiger partial charge on any atom is -0.491 e. The number of hydrogen-bond donors (Lipinski definition) is 1. The van der Waals surface area contributed by atoms with Crippen LogP contribution in [0.15, 0.2) is 60.5 Å². The van der Waals surface area contributed by atoms with Crippen molar-refractivity contribution in [2.24, 2.45) is 0 Å². The third-order valence-electron chi connectivity index (χ3n) is 4.49. The fourth-order valence-corrected chi connectivity index (χ4v) is 3.58. The predicted molar refractivity (Wildman–Crippen MR) is 121 cm³/mol. The van der Waals surface area contributed by atoms with Gasteiger partial charge in [-0.3, -0.25) is 4.98 Å². The van der Waals surface area contributed by atoms with E-state index in [0.717, 1.165) is 22.9 Å². The Bertz CT molecular complexity index is 1190. The minimum absolute atomic E-state index is 0.0875. The molecule has 4 rings (SSSR count). The van der Waals surface area contributed by atoms with Gasteiger partial charge in [-0.1, -0.05) is 0 Å². The van der Waals surface area contributed by atoms with Crippen LogP contribution in [0, 0.1) is 0 Å². The fraction of sp³-hybridized carbons (Fsp3) is 0.217. The molecule has 0 atom stereocenters. The first-order valence-corrected chi connectivity index (χ1v) is 11.0. The van der Waals surface area contributed by atoms with E-state index >= 15 is 0 Å². The topological polar surface area (TPSA) is 72.8 Å². The summed E-state index contributed by atoms with van der Waals surface area (Å²) < 4.78 is 45.6. The van der Waals surface area contributed by atoms with Gasteiger partial charge in [0.05, 0.1) is 22.2 Å². The summed E-state index contributed by atoms with van der Waals surface area (Å²) in [7, 11) is 0. The molecule has 0 aliphatic heterocycles. The fourth-order valence-electron chi connectivity index (χ4n) is 3.00. The Morgan fingerprint density at radius 3 is 2.36 bits per heavy atom. The molecule has 33 heavy (non-hydrogen) atoms. The summed E-state index contributed by atoms with van der Waals surface area (Å²) in [5, 5.41) is 3.01. The van der Waals surface area contributed by atoms with E-state index in [-0.39, 0.29) is 18.3 Å². The molecule has 0 aliphatic rings. The van der Waals surface area contributed by atoms with Crippen LogP contribution in [0.5, 0.6) is 5.75 Å². The first-order chi connectivity index (χ1) is 15.8. The number of halogens is 3. The second kappa shape index (κ2) is 9.53. The Balaban J connectivity index is 1.47. The van der Waals surface area contributed by atoms with Crippen LogP contribution in [-0.2, 0) is 12.7 Å². The molecule has 0 spiro atoms. The number of nitrogens with one attached hydrogen (secondary N) is 1. The highest BCUT2D eigenvalue weighted by molar-refractivity contribution is 7.13. The van der Waals surface area contributed by atoms with E-state index in [1.165, 1.54) is 17.5 Å². The molecule has 0 radical (unpaired) electrons. The number of thiazole rings is 1. The lowest BCUT2D eigenvalue weighted by molar-refractivity contribution is -0.141. The van der Waals surface area contributed by atoms with E-state index in [1.54, 1.807) is 24.0 Å². The van der Waals surface area contributed by atoms with Crippen molar-refractivity contribution in [3.05, 3.63) is 71.8 Å². The lowest BCUT2D eigenvalue weighted by Crippen LogP contribution is -2.10. The van der Waals surface area contributed by atoms with Crippen molar-refractivity contribution in [3.8, 4) is 27.7 Å². The number of benzene rings is 1. The van der Waals surface area contributed by atoms with Crippen molar-refractivity contribution in [2.75, 3.05) is 5.32 Å². The molecule has 0 unspecified atom stereocenters. The lowest BCUT2D eigenvalue weighted by atomic mass is 10.2. The molecule has 0 fully saturated rings. The summed E-state index contributed by atoms with van der Waals surface area (Å²) in [5.41, 5.74) is 2.66. The van der Waals surface area contributed by atoms with Crippen molar-refractivity contribution in [1.29, 1.82) is 0 Å². The quantitative estimate of drug-likeness (QED) is 0.352. The van der Waals surface area contributed by atoms with Crippen LogP contribution >= 0.6 is 11.3 Å². The monoisotopic (exact) mass is 471 g/mol. The van der Waals surface area contributed by atoms with E-state index in [2.05, 4.69) is 25.3 Å². The number of hydrogen-bond acceptors (Lipinski definition) is 7. The number of ether oxygens (including phenoxy) is 1. The molecule has 6 nitrogen and oxygen atoms in total. The van der Waals surface area contributed by atoms with Crippen LogP contribution in [0.3, 0.4) is 0 Å². The Morgan fingerprint density at radius 2 is 1.76 bits per heavy atom. The molecular formula is C23H20F3N5OS. The average molecular weight is 472 g/mol. The largest absolute Gasteiger partial charge is 0.491 e. The standard InChI is InChI=1S/C23H20F3N5OS/c1-14(2)32-18-5-3-16(4-6-18)22-29-10-15(11-30-22)9-28-17-7-19(20-12-27-13-33-20)31-21(8-17)23(24,25)26/h3-8,10-14H,9H2,1-2H3,(H,28,31). The van der Waals surface area contributed by atoms with Gasteiger partial charge >= 0.3 is 6.18 Å². The Morgan fingerprint density at radius 1 is 1.03 bits per heavy atom. The predicted octanol–water partition coefficient (Wildman–Crippen LogP) is 6.08. The van der Waals surface area contributed by atoms with Crippen LogP contribution in [-0.4, -0.2) is 26.0 Å². The van der Waals surface area contributed by atoms with Gasteiger partial charge in [-0.05, 0) is 50.2 Å². The number of aromatic nitrogens is 4. The van der Waals surface area contributed by atoms with Crippen molar-refractivity contribution in [3.63, 3.8) is 0 Å². The van der Waals surface area contributed by atoms with Gasteiger partial charge in [-0.15, -0.1) is 11.3 Å². The van der Waals surface area contributed by atoms with Crippen molar-refractivity contribution in [2.45, 2.75) is 32.7 Å². The van der Waals surface area contributed by atoms with Gasteiger partial charge < -0.3 is 10.1 Å². The van der Waals surface area contributed by atoms with Crippen LogP contribution < -0.4 is 10.1 Å². The second-order valence-electron chi connectivity index (χ2n) is 7.45. The van der Waals surface area contributed by atoms with E-state index in [1.807, 2.05) is 38.1 Å². The Kier molecular flexibility index (Phi) is 6.55. The molecular weight excluding hydrogens is 451 g/mol. The normalized spacial score (nSPS) is 11.6. The van der Waals surface area contributed by atoms with Gasteiger partial charge in [0.15, 0.2) is 5.82 Å². The molecule has 1 N–H and O–H groups in total. The molecule has 0 amide bonds. The number of anilines is 1. The van der Waals surface area contributed by atoms with Gasteiger partial charge in [0, 0.05) is 41.9 Å². The number of pyridine rings is 1. The minimum atomic E-state index is -4.56. The van der Waals surface area contributed by atoms with Gasteiger partial charge in [0.1, 0.15) is 11.4 Å². The molecule has 170 valence electrons. The van der Waals surface area contributed by atoms with E-state index in [4.69, 9.17) is 4.74 Å². The molecule has 1 aromatic carbocycles. The average Bonchev–Trinajstić information content (AvgIpc) is 3.33. The van der Waals surface area contributed by atoms with Gasteiger partial charge in [-0.25, -0.2) is 15.0 Å². The van der Waals surface area contributed by atoms with Crippen molar-refractivity contribution in [1.82, 2.24) is 19.9 Å². The highest BCUT2D eigenvalue weighted by atomic mass is 32.1. The van der Waals surface area contributed by atoms with Crippen LogP contribution in [0.4, 0.5) is 18.9 Å². The van der Waals surface area contributed by atoms with Crippen molar-refractivity contribution < 1.29 is 17.9 Å². The summed E-state index contributed by atoms with van der Waals surface area (Å²) >= 11 is 1.22. The van der Waals surface area contributed by atoms with E-state index in [9.17, 15) is 13.2 Å². The zero-order chi connectivity index (χ0) is 23.4. The smallest absolute Gasteiger partial charge is 0.433 e. The summed E-state index contributed by atoms with van der Waals surface area (Å²) in [4.78, 5) is 17.0. The molecule has 3 aromatic heterocycles. The zero-order valence-electron chi connectivity index (χ0n) is 17.8. The third-order valence-corrected chi connectivity index (χ3v) is 5.28.